The summed E-state index contributed by atoms with van der Waals surface area (Å²) in [6.45, 7) is 5.70. The van der Waals surface area contributed by atoms with E-state index in [0.717, 1.165) is 17.7 Å². The van der Waals surface area contributed by atoms with E-state index in [1.807, 2.05) is 19.9 Å². The molecule has 1 aliphatic carbocycles. The molecule has 9 heteroatoms. The van der Waals surface area contributed by atoms with Gasteiger partial charge in [-0.25, -0.2) is 8.42 Å². The summed E-state index contributed by atoms with van der Waals surface area (Å²) < 4.78 is 27.8. The predicted molar refractivity (Wildman–Crippen MR) is 111 cm³/mol. The fourth-order valence-corrected chi connectivity index (χ4v) is 7.03. The minimum absolute atomic E-state index is 0. The molecule has 3 atom stereocenters. The van der Waals surface area contributed by atoms with E-state index < -0.39 is 10.0 Å². The highest BCUT2D eigenvalue weighted by Crippen LogP contribution is 2.40. The van der Waals surface area contributed by atoms with Crippen molar-refractivity contribution in [1.29, 1.82) is 0 Å². The molecule has 3 N–H and O–H groups in total. The Morgan fingerprint density at radius 1 is 1.33 bits per heavy atom. The highest BCUT2D eigenvalue weighted by molar-refractivity contribution is 7.91. The summed E-state index contributed by atoms with van der Waals surface area (Å²) >= 11 is 1.31. The van der Waals surface area contributed by atoms with E-state index in [9.17, 15) is 13.2 Å². The highest BCUT2D eigenvalue weighted by atomic mass is 35.5. The monoisotopic (exact) mass is 435 g/mol. The quantitative estimate of drug-likeness (QED) is 0.686. The number of halogens is 1. The number of carbonyl (C=O) groups is 1. The number of fused-ring (bicyclic) bond motifs is 1. The standard InChI is InChI=1S/C18H29N3O3S2.ClH/c1-12(2)9-17(22)20-8-7-14-4-6-18(25-14)26(23,24)21-10-13-3-5-16(19)15(13)11-21;/h4,6,12-13,15-16H,3,5,7-11,19H2,1-2H3,(H,20,22);1H. The van der Waals surface area contributed by atoms with E-state index in [0.29, 0.717) is 54.4 Å². The molecule has 0 aromatic carbocycles. The zero-order valence-corrected chi connectivity index (χ0v) is 18.3. The summed E-state index contributed by atoms with van der Waals surface area (Å²) in [5.74, 6) is 1.10. The van der Waals surface area contributed by atoms with E-state index >= 15 is 0 Å². The van der Waals surface area contributed by atoms with Crippen molar-refractivity contribution in [3.63, 3.8) is 0 Å². The Bertz CT molecular complexity index is 751. The van der Waals surface area contributed by atoms with Crippen molar-refractivity contribution in [2.45, 2.75) is 49.8 Å². The van der Waals surface area contributed by atoms with Gasteiger partial charge in [0, 0.05) is 37.0 Å². The average Bonchev–Trinajstić information content (AvgIpc) is 3.25. The maximum Gasteiger partial charge on any atom is 0.252 e. The fraction of sp³-hybridized carbons (Fsp3) is 0.722. The SMILES string of the molecule is CC(C)CC(=O)NCCc1ccc(S(=O)(=O)N2CC3CCC(N)C3C2)s1.Cl. The highest BCUT2D eigenvalue weighted by Gasteiger charge is 2.45. The molecule has 2 heterocycles. The number of amides is 1. The summed E-state index contributed by atoms with van der Waals surface area (Å²) in [6, 6.07) is 3.68. The summed E-state index contributed by atoms with van der Waals surface area (Å²) in [4.78, 5) is 12.7. The Balaban J connectivity index is 0.00000261. The molecule has 1 aliphatic heterocycles. The van der Waals surface area contributed by atoms with Crippen LogP contribution in [0.1, 0.15) is 38.0 Å². The van der Waals surface area contributed by atoms with Crippen molar-refractivity contribution < 1.29 is 13.2 Å². The van der Waals surface area contributed by atoms with E-state index in [2.05, 4.69) is 5.32 Å². The van der Waals surface area contributed by atoms with Crippen LogP contribution in [0.25, 0.3) is 0 Å². The normalized spacial score (nSPS) is 25.4. The number of hydrogen-bond donors (Lipinski definition) is 2. The molecule has 3 rings (SSSR count). The first-order valence-electron chi connectivity index (χ1n) is 9.38. The van der Waals surface area contributed by atoms with Crippen LogP contribution in [0.5, 0.6) is 0 Å². The Morgan fingerprint density at radius 2 is 2.07 bits per heavy atom. The number of nitrogens with one attached hydrogen (secondary N) is 1. The number of sulfonamides is 1. The van der Waals surface area contributed by atoms with E-state index in [1.165, 1.54) is 11.3 Å². The van der Waals surface area contributed by atoms with Crippen molar-refractivity contribution in [3.05, 3.63) is 17.0 Å². The molecule has 1 saturated carbocycles. The third-order valence-electron chi connectivity index (χ3n) is 5.40. The second kappa shape index (κ2) is 9.22. The lowest BCUT2D eigenvalue weighted by molar-refractivity contribution is -0.121. The number of rotatable bonds is 7. The average molecular weight is 436 g/mol. The predicted octanol–water partition coefficient (Wildman–Crippen LogP) is 2.23. The molecule has 1 saturated heterocycles. The molecule has 27 heavy (non-hydrogen) atoms. The molecule has 1 aromatic rings. The molecule has 6 nitrogen and oxygen atoms in total. The van der Waals surface area contributed by atoms with Crippen LogP contribution in [0.15, 0.2) is 16.3 Å². The maximum absolute atomic E-state index is 12.9. The second-order valence-corrected chi connectivity index (χ2v) is 11.2. The molecule has 0 spiro atoms. The van der Waals surface area contributed by atoms with E-state index in [-0.39, 0.29) is 24.4 Å². The van der Waals surface area contributed by atoms with Crippen LogP contribution in [-0.4, -0.2) is 44.3 Å². The Morgan fingerprint density at radius 3 is 2.74 bits per heavy atom. The molecule has 0 bridgehead atoms. The van der Waals surface area contributed by atoms with Gasteiger partial charge in [0.05, 0.1) is 0 Å². The van der Waals surface area contributed by atoms with Gasteiger partial charge in [0.25, 0.3) is 10.0 Å². The second-order valence-electron chi connectivity index (χ2n) is 7.91. The number of carbonyl (C=O) groups excluding carboxylic acids is 1. The number of thiophene rings is 1. The van der Waals surface area contributed by atoms with Crippen LogP contribution in [0.2, 0.25) is 0 Å². The topological polar surface area (TPSA) is 92.5 Å². The van der Waals surface area contributed by atoms with Gasteiger partial charge < -0.3 is 11.1 Å². The van der Waals surface area contributed by atoms with Crippen molar-refractivity contribution in [1.82, 2.24) is 9.62 Å². The zero-order chi connectivity index (χ0) is 18.9. The van der Waals surface area contributed by atoms with Gasteiger partial charge in [-0.3, -0.25) is 4.79 Å². The fourth-order valence-electron chi connectivity index (χ4n) is 3.99. The van der Waals surface area contributed by atoms with Crippen LogP contribution in [0, 0.1) is 17.8 Å². The zero-order valence-electron chi connectivity index (χ0n) is 15.9. The summed E-state index contributed by atoms with van der Waals surface area (Å²) in [5.41, 5.74) is 6.12. The van der Waals surface area contributed by atoms with Gasteiger partial charge in [-0.05, 0) is 49.1 Å². The molecule has 1 amide bonds. The molecule has 2 fully saturated rings. The Hall–Kier alpha value is -0.670. The van der Waals surface area contributed by atoms with Gasteiger partial charge in [-0.1, -0.05) is 13.8 Å². The van der Waals surface area contributed by atoms with Crippen molar-refractivity contribution in [2.24, 2.45) is 23.5 Å². The first kappa shape index (κ1) is 22.6. The maximum atomic E-state index is 12.9. The minimum atomic E-state index is -3.43. The van der Waals surface area contributed by atoms with Gasteiger partial charge in [-0.15, -0.1) is 23.7 Å². The Labute approximate surface area is 172 Å². The summed E-state index contributed by atoms with van der Waals surface area (Å²) in [5, 5.41) is 2.89. The van der Waals surface area contributed by atoms with Gasteiger partial charge >= 0.3 is 0 Å². The lowest BCUT2D eigenvalue weighted by Crippen LogP contribution is -2.33. The molecule has 0 radical (unpaired) electrons. The molecule has 2 aliphatic rings. The molecule has 1 aromatic heterocycles. The first-order chi connectivity index (χ1) is 12.3. The molecule has 154 valence electrons. The molecule has 3 unspecified atom stereocenters. The van der Waals surface area contributed by atoms with Gasteiger partial charge in [0.15, 0.2) is 0 Å². The van der Waals surface area contributed by atoms with Crippen LogP contribution >= 0.6 is 23.7 Å². The van der Waals surface area contributed by atoms with Gasteiger partial charge in [0.1, 0.15) is 4.21 Å². The van der Waals surface area contributed by atoms with Crippen LogP contribution < -0.4 is 11.1 Å². The summed E-state index contributed by atoms with van der Waals surface area (Å²) in [6.07, 6.45) is 3.21. The molecular weight excluding hydrogens is 406 g/mol. The lowest BCUT2D eigenvalue weighted by atomic mass is 9.98. The number of nitrogens with two attached hydrogens (primary N) is 1. The third-order valence-corrected chi connectivity index (χ3v) is 8.84. The van der Waals surface area contributed by atoms with Crippen molar-refractivity contribution in [2.75, 3.05) is 19.6 Å². The number of nitrogens with zero attached hydrogens (tertiary/aromatic N) is 1. The molecular formula is C18H30ClN3O3S2. The number of hydrogen-bond acceptors (Lipinski definition) is 5. The van der Waals surface area contributed by atoms with Gasteiger partial charge in [0.2, 0.25) is 5.91 Å². The van der Waals surface area contributed by atoms with Crippen LogP contribution in [0.3, 0.4) is 0 Å². The van der Waals surface area contributed by atoms with E-state index in [1.54, 1.807) is 10.4 Å². The smallest absolute Gasteiger partial charge is 0.252 e. The van der Waals surface area contributed by atoms with Crippen molar-refractivity contribution in [3.8, 4) is 0 Å². The van der Waals surface area contributed by atoms with Crippen LogP contribution in [-0.2, 0) is 21.2 Å². The first-order valence-corrected chi connectivity index (χ1v) is 11.6. The minimum Gasteiger partial charge on any atom is -0.356 e. The third kappa shape index (κ3) is 5.23. The van der Waals surface area contributed by atoms with E-state index in [4.69, 9.17) is 5.73 Å². The summed E-state index contributed by atoms with van der Waals surface area (Å²) in [7, 11) is -3.43. The largest absolute Gasteiger partial charge is 0.356 e. The van der Waals surface area contributed by atoms with Crippen LogP contribution in [0.4, 0.5) is 0 Å². The van der Waals surface area contributed by atoms with Gasteiger partial charge in [-0.2, -0.15) is 4.31 Å². The van der Waals surface area contributed by atoms with Crippen molar-refractivity contribution >= 4 is 39.7 Å². The Kier molecular flexibility index (Phi) is 7.72. The lowest BCUT2D eigenvalue weighted by Gasteiger charge is -2.17.